The Hall–Kier alpha value is -2.55. The number of phenolic OH excluding ortho intramolecular Hbond substituents is 1. The quantitative estimate of drug-likeness (QED) is 0.404. The predicted octanol–water partition coefficient (Wildman–Crippen LogP) is 4.92. The van der Waals surface area contributed by atoms with Gasteiger partial charge in [-0.25, -0.2) is 0 Å². The van der Waals surface area contributed by atoms with E-state index in [0.29, 0.717) is 29.9 Å². The van der Waals surface area contributed by atoms with Crippen LogP contribution in [0.5, 0.6) is 11.5 Å². The smallest absolute Gasteiger partial charge is 0.196 e. The summed E-state index contributed by atoms with van der Waals surface area (Å²) < 4.78 is 5.79. The van der Waals surface area contributed by atoms with Gasteiger partial charge < -0.3 is 9.84 Å². The van der Waals surface area contributed by atoms with Crippen molar-refractivity contribution < 1.29 is 14.6 Å². The van der Waals surface area contributed by atoms with Gasteiger partial charge in [-0.15, -0.1) is 6.58 Å². The van der Waals surface area contributed by atoms with Crippen LogP contribution in [-0.4, -0.2) is 17.5 Å². The van der Waals surface area contributed by atoms with Crippen LogP contribution in [0, 0.1) is 0 Å². The number of allylic oxidation sites excluding steroid dienone is 1. The van der Waals surface area contributed by atoms with Gasteiger partial charge in [0.2, 0.25) is 0 Å². The third-order valence-electron chi connectivity index (χ3n) is 3.83. The van der Waals surface area contributed by atoms with Gasteiger partial charge in [0.1, 0.15) is 11.5 Å². The fraction of sp³-hybridized carbons (Fsp3) is 0.286. The monoisotopic (exact) mass is 324 g/mol. The van der Waals surface area contributed by atoms with Crippen molar-refractivity contribution in [1.82, 2.24) is 0 Å². The van der Waals surface area contributed by atoms with Crippen molar-refractivity contribution in [3.63, 3.8) is 0 Å². The van der Waals surface area contributed by atoms with Crippen LogP contribution in [0.25, 0.3) is 0 Å². The first-order valence-electron chi connectivity index (χ1n) is 8.36. The topological polar surface area (TPSA) is 46.5 Å². The second-order valence-electron chi connectivity index (χ2n) is 5.72. The standard InChI is InChI=1S/C21H24O3/c1-3-5-9-13-24-20-15-19(22)18(14-17(20)10-4-2)21(23)16-11-7-6-8-12-16/h4,6-8,11-12,14-15,22H,2-3,5,9-10,13H2,1H3. The maximum Gasteiger partial charge on any atom is 0.196 e. The fourth-order valence-electron chi connectivity index (χ4n) is 2.52. The number of hydrogen-bond donors (Lipinski definition) is 1. The number of ketones is 1. The lowest BCUT2D eigenvalue weighted by Gasteiger charge is -2.14. The molecule has 0 saturated carbocycles. The van der Waals surface area contributed by atoms with Gasteiger partial charge in [0.05, 0.1) is 12.2 Å². The number of benzene rings is 2. The van der Waals surface area contributed by atoms with Gasteiger partial charge >= 0.3 is 0 Å². The molecule has 0 unspecified atom stereocenters. The van der Waals surface area contributed by atoms with Gasteiger partial charge in [0, 0.05) is 11.6 Å². The van der Waals surface area contributed by atoms with Crippen LogP contribution in [-0.2, 0) is 6.42 Å². The van der Waals surface area contributed by atoms with Crippen LogP contribution in [0.1, 0.15) is 47.7 Å². The largest absolute Gasteiger partial charge is 0.507 e. The summed E-state index contributed by atoms with van der Waals surface area (Å²) in [6, 6.07) is 12.2. The molecule has 0 amide bonds. The fourth-order valence-corrected chi connectivity index (χ4v) is 2.52. The third kappa shape index (κ3) is 4.48. The van der Waals surface area contributed by atoms with Crippen molar-refractivity contribution in [3.05, 3.63) is 71.8 Å². The highest BCUT2D eigenvalue weighted by Gasteiger charge is 2.17. The molecule has 24 heavy (non-hydrogen) atoms. The highest BCUT2D eigenvalue weighted by molar-refractivity contribution is 6.10. The Kier molecular flexibility index (Phi) is 6.62. The molecule has 0 atom stereocenters. The van der Waals surface area contributed by atoms with E-state index in [1.54, 1.807) is 42.5 Å². The number of hydrogen-bond acceptors (Lipinski definition) is 3. The number of carbonyl (C=O) groups excluding carboxylic acids is 1. The second-order valence-corrected chi connectivity index (χ2v) is 5.72. The number of aromatic hydroxyl groups is 1. The Labute approximate surface area is 143 Å². The van der Waals surface area contributed by atoms with Gasteiger partial charge in [-0.05, 0) is 24.5 Å². The molecule has 0 aliphatic carbocycles. The zero-order valence-electron chi connectivity index (χ0n) is 14.1. The molecule has 0 radical (unpaired) electrons. The number of carbonyl (C=O) groups is 1. The molecule has 2 aromatic rings. The van der Waals surface area contributed by atoms with E-state index in [4.69, 9.17) is 4.74 Å². The first kappa shape index (κ1) is 17.8. The van der Waals surface area contributed by atoms with Crippen molar-refractivity contribution in [2.24, 2.45) is 0 Å². The first-order valence-corrected chi connectivity index (χ1v) is 8.36. The average molecular weight is 324 g/mol. The van der Waals surface area contributed by atoms with E-state index in [-0.39, 0.29) is 11.5 Å². The summed E-state index contributed by atoms with van der Waals surface area (Å²) in [5.41, 5.74) is 1.70. The number of rotatable bonds is 9. The lowest BCUT2D eigenvalue weighted by Crippen LogP contribution is -2.05. The summed E-state index contributed by atoms with van der Waals surface area (Å²) in [4.78, 5) is 12.6. The van der Waals surface area contributed by atoms with Crippen LogP contribution in [0.15, 0.2) is 55.1 Å². The van der Waals surface area contributed by atoms with Crippen LogP contribution >= 0.6 is 0 Å². The Bertz CT molecular complexity index is 690. The Morgan fingerprint density at radius 1 is 1.21 bits per heavy atom. The van der Waals surface area contributed by atoms with Gasteiger partial charge in [0.25, 0.3) is 0 Å². The minimum absolute atomic E-state index is 0.0536. The summed E-state index contributed by atoms with van der Waals surface area (Å²) >= 11 is 0. The molecule has 126 valence electrons. The molecule has 0 aromatic heterocycles. The van der Waals surface area contributed by atoms with E-state index in [2.05, 4.69) is 13.5 Å². The zero-order chi connectivity index (χ0) is 17.4. The molecule has 2 rings (SSSR count). The molecule has 0 aliphatic rings. The van der Waals surface area contributed by atoms with Crippen molar-refractivity contribution in [1.29, 1.82) is 0 Å². The first-order chi connectivity index (χ1) is 11.7. The molecule has 0 heterocycles. The van der Waals surface area contributed by atoms with E-state index in [0.717, 1.165) is 24.8 Å². The summed E-state index contributed by atoms with van der Waals surface area (Å²) in [6.07, 6.45) is 5.54. The molecule has 0 bridgehead atoms. The molecule has 0 saturated heterocycles. The second kappa shape index (κ2) is 8.92. The minimum atomic E-state index is -0.198. The Morgan fingerprint density at radius 2 is 1.96 bits per heavy atom. The summed E-state index contributed by atoms with van der Waals surface area (Å²) in [5.74, 6) is 0.367. The van der Waals surface area contributed by atoms with Crippen molar-refractivity contribution in [2.75, 3.05) is 6.61 Å². The Morgan fingerprint density at radius 3 is 2.62 bits per heavy atom. The van der Waals surface area contributed by atoms with Gasteiger partial charge in [0.15, 0.2) is 5.78 Å². The highest BCUT2D eigenvalue weighted by atomic mass is 16.5. The summed E-state index contributed by atoms with van der Waals surface area (Å²) in [7, 11) is 0. The molecule has 2 aromatic carbocycles. The van der Waals surface area contributed by atoms with Crippen LogP contribution < -0.4 is 4.74 Å². The van der Waals surface area contributed by atoms with E-state index in [9.17, 15) is 9.90 Å². The summed E-state index contributed by atoms with van der Waals surface area (Å²) in [6.45, 7) is 6.50. The normalized spacial score (nSPS) is 10.4. The van der Waals surface area contributed by atoms with Gasteiger partial charge in [-0.1, -0.05) is 56.2 Å². The molecule has 3 nitrogen and oxygen atoms in total. The van der Waals surface area contributed by atoms with Crippen molar-refractivity contribution in [3.8, 4) is 11.5 Å². The Balaban J connectivity index is 2.28. The average Bonchev–Trinajstić information content (AvgIpc) is 2.61. The molecule has 3 heteroatoms. The van der Waals surface area contributed by atoms with E-state index in [1.807, 2.05) is 6.07 Å². The SMILES string of the molecule is C=CCc1cc(C(=O)c2ccccc2)c(O)cc1OCCCCC. The highest BCUT2D eigenvalue weighted by Crippen LogP contribution is 2.31. The van der Waals surface area contributed by atoms with E-state index < -0.39 is 0 Å². The number of unbranched alkanes of at least 4 members (excludes halogenated alkanes) is 2. The lowest BCUT2D eigenvalue weighted by molar-refractivity contribution is 0.103. The van der Waals surface area contributed by atoms with Gasteiger partial charge in [-0.2, -0.15) is 0 Å². The minimum Gasteiger partial charge on any atom is -0.507 e. The lowest BCUT2D eigenvalue weighted by atomic mass is 9.98. The maximum absolute atomic E-state index is 12.6. The van der Waals surface area contributed by atoms with Crippen molar-refractivity contribution in [2.45, 2.75) is 32.6 Å². The molecule has 1 N–H and O–H groups in total. The number of ether oxygens (including phenoxy) is 1. The van der Waals surface area contributed by atoms with E-state index in [1.165, 1.54) is 0 Å². The zero-order valence-corrected chi connectivity index (χ0v) is 14.1. The van der Waals surface area contributed by atoms with E-state index >= 15 is 0 Å². The van der Waals surface area contributed by atoms with Crippen LogP contribution in [0.2, 0.25) is 0 Å². The molecule has 0 aliphatic heterocycles. The summed E-state index contributed by atoms with van der Waals surface area (Å²) in [5, 5.41) is 10.3. The van der Waals surface area contributed by atoms with Gasteiger partial charge in [-0.3, -0.25) is 4.79 Å². The number of phenols is 1. The molecular formula is C21H24O3. The molecule has 0 fully saturated rings. The maximum atomic E-state index is 12.6. The van der Waals surface area contributed by atoms with Crippen molar-refractivity contribution >= 4 is 5.78 Å². The van der Waals surface area contributed by atoms with Crippen LogP contribution in [0.3, 0.4) is 0 Å². The van der Waals surface area contributed by atoms with Crippen LogP contribution in [0.4, 0.5) is 0 Å². The third-order valence-corrected chi connectivity index (χ3v) is 3.83. The molecular weight excluding hydrogens is 300 g/mol. The molecule has 0 spiro atoms. The predicted molar refractivity (Wildman–Crippen MR) is 96.9 cm³/mol.